The van der Waals surface area contributed by atoms with Gasteiger partial charge in [-0.3, -0.25) is 0 Å². The number of rotatable bonds is 4. The van der Waals surface area contributed by atoms with Gasteiger partial charge in [0.2, 0.25) is 0 Å². The first kappa shape index (κ1) is 17.4. The molecule has 6 heteroatoms. The molecule has 0 bridgehead atoms. The highest BCUT2D eigenvalue weighted by atomic mass is 32.1. The number of ether oxygens (including phenoxy) is 1. The van der Waals surface area contributed by atoms with E-state index in [9.17, 15) is 4.79 Å². The molecule has 0 saturated heterocycles. The first-order valence-electron chi connectivity index (χ1n) is 7.28. The predicted octanol–water partition coefficient (Wildman–Crippen LogP) is 4.78. The highest BCUT2D eigenvalue weighted by Gasteiger charge is 2.16. The van der Waals surface area contributed by atoms with Crippen molar-refractivity contribution in [3.8, 4) is 0 Å². The molecule has 0 fully saturated rings. The first-order chi connectivity index (χ1) is 10.9. The third kappa shape index (κ3) is 4.30. The van der Waals surface area contributed by atoms with Gasteiger partial charge in [0.05, 0.1) is 12.7 Å². The number of hydrogen-bond acceptors (Lipinski definition) is 4. The molecule has 0 unspecified atom stereocenters. The number of esters is 1. The fourth-order valence-electron chi connectivity index (χ4n) is 2.24. The van der Waals surface area contributed by atoms with Crippen molar-refractivity contribution >= 4 is 45.3 Å². The van der Waals surface area contributed by atoms with E-state index < -0.39 is 0 Å². The van der Waals surface area contributed by atoms with Crippen molar-refractivity contribution in [2.24, 2.45) is 0 Å². The molecule has 2 rings (SSSR count). The second-order valence-electron chi connectivity index (χ2n) is 5.41. The quantitative estimate of drug-likeness (QED) is 0.615. The van der Waals surface area contributed by atoms with E-state index in [1.54, 1.807) is 6.07 Å². The lowest BCUT2D eigenvalue weighted by atomic mass is 10.0. The largest absolute Gasteiger partial charge is 0.465 e. The number of aryl methyl sites for hydroxylation is 1. The van der Waals surface area contributed by atoms with E-state index in [1.165, 1.54) is 24.0 Å². The van der Waals surface area contributed by atoms with Crippen LogP contribution in [0.15, 0.2) is 30.3 Å². The van der Waals surface area contributed by atoms with Crippen LogP contribution in [0.25, 0.3) is 0 Å². The average molecular weight is 348 g/mol. The standard InChI is InChI=1S/C17H20N2O2S2/c1-10(2)12-7-5-6-8-14(12)18-17(22)19-15-13(16(20)21-4)9-11(3)23-15/h5-10H,1-4H3,(H2,18,19,22). The summed E-state index contributed by atoms with van der Waals surface area (Å²) in [6.45, 7) is 6.21. The Kier molecular flexibility index (Phi) is 5.74. The molecule has 2 N–H and O–H groups in total. The van der Waals surface area contributed by atoms with Gasteiger partial charge < -0.3 is 15.4 Å². The van der Waals surface area contributed by atoms with E-state index in [0.717, 1.165) is 10.6 Å². The Bertz CT molecular complexity index is 723. The minimum absolute atomic E-state index is 0.373. The topological polar surface area (TPSA) is 50.4 Å². The molecule has 4 nitrogen and oxygen atoms in total. The van der Waals surface area contributed by atoms with Crippen molar-refractivity contribution in [2.45, 2.75) is 26.7 Å². The summed E-state index contributed by atoms with van der Waals surface area (Å²) in [4.78, 5) is 12.8. The van der Waals surface area contributed by atoms with Gasteiger partial charge >= 0.3 is 5.97 Å². The molecule has 1 aromatic heterocycles. The highest BCUT2D eigenvalue weighted by Crippen LogP contribution is 2.29. The van der Waals surface area contributed by atoms with Gasteiger partial charge in [-0.1, -0.05) is 32.0 Å². The molecule has 0 radical (unpaired) electrons. The molecule has 0 saturated carbocycles. The Morgan fingerprint density at radius 2 is 1.96 bits per heavy atom. The molecular weight excluding hydrogens is 328 g/mol. The maximum Gasteiger partial charge on any atom is 0.340 e. The Morgan fingerprint density at radius 3 is 2.61 bits per heavy atom. The van der Waals surface area contributed by atoms with Crippen molar-refractivity contribution in [1.82, 2.24) is 0 Å². The minimum Gasteiger partial charge on any atom is -0.465 e. The monoisotopic (exact) mass is 348 g/mol. The lowest BCUT2D eigenvalue weighted by molar-refractivity contribution is 0.0602. The molecule has 1 heterocycles. The summed E-state index contributed by atoms with van der Waals surface area (Å²) in [6.07, 6.45) is 0. The lowest BCUT2D eigenvalue weighted by Crippen LogP contribution is -2.20. The van der Waals surface area contributed by atoms with E-state index in [-0.39, 0.29) is 5.97 Å². The second kappa shape index (κ2) is 7.57. The van der Waals surface area contributed by atoms with Crippen molar-refractivity contribution in [1.29, 1.82) is 0 Å². The molecule has 0 aliphatic rings. The van der Waals surface area contributed by atoms with Gasteiger partial charge in [0.1, 0.15) is 5.00 Å². The molecule has 0 amide bonds. The van der Waals surface area contributed by atoms with Gasteiger partial charge in [-0.15, -0.1) is 11.3 Å². The Hall–Kier alpha value is -1.92. The summed E-state index contributed by atoms with van der Waals surface area (Å²) in [5.41, 5.74) is 2.65. The van der Waals surface area contributed by atoms with Gasteiger partial charge in [0, 0.05) is 10.6 Å². The maximum absolute atomic E-state index is 11.8. The van der Waals surface area contributed by atoms with Crippen LogP contribution >= 0.6 is 23.6 Å². The third-order valence-electron chi connectivity index (χ3n) is 3.32. The molecule has 23 heavy (non-hydrogen) atoms. The molecule has 0 aliphatic carbocycles. The van der Waals surface area contributed by atoms with Crippen LogP contribution in [0.5, 0.6) is 0 Å². The summed E-state index contributed by atoms with van der Waals surface area (Å²) >= 11 is 6.86. The van der Waals surface area contributed by atoms with E-state index in [2.05, 4.69) is 30.5 Å². The summed E-state index contributed by atoms with van der Waals surface area (Å²) in [5, 5.41) is 7.45. The van der Waals surface area contributed by atoms with Gasteiger partial charge in [-0.2, -0.15) is 0 Å². The normalized spacial score (nSPS) is 10.5. The predicted molar refractivity (Wildman–Crippen MR) is 101 cm³/mol. The maximum atomic E-state index is 11.8. The Labute approximate surface area is 145 Å². The van der Waals surface area contributed by atoms with Crippen LogP contribution in [-0.4, -0.2) is 18.2 Å². The van der Waals surface area contributed by atoms with Crippen LogP contribution in [0, 0.1) is 6.92 Å². The zero-order valence-corrected chi connectivity index (χ0v) is 15.2. The second-order valence-corrected chi connectivity index (χ2v) is 7.08. The van der Waals surface area contributed by atoms with Crippen molar-refractivity contribution in [2.75, 3.05) is 17.7 Å². The van der Waals surface area contributed by atoms with E-state index in [4.69, 9.17) is 17.0 Å². The Morgan fingerprint density at radius 1 is 1.26 bits per heavy atom. The summed E-state index contributed by atoms with van der Waals surface area (Å²) in [7, 11) is 1.37. The number of carbonyl (C=O) groups is 1. The number of anilines is 2. The molecule has 1 aromatic carbocycles. The summed E-state index contributed by atoms with van der Waals surface area (Å²) < 4.78 is 4.80. The molecule has 122 valence electrons. The highest BCUT2D eigenvalue weighted by molar-refractivity contribution is 7.80. The van der Waals surface area contributed by atoms with Gasteiger partial charge in [-0.25, -0.2) is 4.79 Å². The van der Waals surface area contributed by atoms with E-state index in [1.807, 2.05) is 25.1 Å². The number of benzene rings is 1. The molecule has 2 aromatic rings. The van der Waals surface area contributed by atoms with Crippen LogP contribution in [0.3, 0.4) is 0 Å². The fourth-order valence-corrected chi connectivity index (χ4v) is 3.42. The number of carbonyl (C=O) groups excluding carboxylic acids is 1. The Balaban J connectivity index is 2.17. The zero-order chi connectivity index (χ0) is 17.0. The van der Waals surface area contributed by atoms with E-state index in [0.29, 0.717) is 21.6 Å². The summed E-state index contributed by atoms with van der Waals surface area (Å²) in [6, 6.07) is 9.83. The number of hydrogen-bond donors (Lipinski definition) is 2. The third-order valence-corrected chi connectivity index (χ3v) is 4.49. The first-order valence-corrected chi connectivity index (χ1v) is 8.50. The van der Waals surface area contributed by atoms with Crippen molar-refractivity contribution in [3.05, 3.63) is 46.3 Å². The van der Waals surface area contributed by atoms with Gasteiger partial charge in [0.25, 0.3) is 0 Å². The zero-order valence-electron chi connectivity index (χ0n) is 13.6. The number of thiophene rings is 1. The fraction of sp³-hybridized carbons (Fsp3) is 0.294. The van der Waals surface area contributed by atoms with Crippen LogP contribution in [0.1, 0.15) is 40.6 Å². The van der Waals surface area contributed by atoms with Crippen LogP contribution in [0.2, 0.25) is 0 Å². The minimum atomic E-state index is -0.373. The molecule has 0 aliphatic heterocycles. The molecule has 0 spiro atoms. The number of nitrogens with one attached hydrogen (secondary N) is 2. The van der Waals surface area contributed by atoms with Gasteiger partial charge in [0.15, 0.2) is 5.11 Å². The average Bonchev–Trinajstić information content (AvgIpc) is 2.87. The van der Waals surface area contributed by atoms with Crippen molar-refractivity contribution in [3.63, 3.8) is 0 Å². The van der Waals surface area contributed by atoms with Crippen LogP contribution < -0.4 is 10.6 Å². The van der Waals surface area contributed by atoms with Crippen molar-refractivity contribution < 1.29 is 9.53 Å². The molecular formula is C17H20N2O2S2. The number of para-hydroxylation sites is 1. The van der Waals surface area contributed by atoms with Crippen LogP contribution in [-0.2, 0) is 4.74 Å². The van der Waals surface area contributed by atoms with E-state index >= 15 is 0 Å². The number of thiocarbonyl (C=S) groups is 1. The SMILES string of the molecule is COC(=O)c1cc(C)sc1NC(=S)Nc1ccccc1C(C)C. The number of methoxy groups -OCH3 is 1. The molecule has 0 atom stereocenters. The van der Waals surface area contributed by atoms with Gasteiger partial charge in [-0.05, 0) is 42.8 Å². The van der Waals surface area contributed by atoms with Crippen LogP contribution in [0.4, 0.5) is 10.7 Å². The summed E-state index contributed by atoms with van der Waals surface area (Å²) in [5.74, 6) is 0.0124. The lowest BCUT2D eigenvalue weighted by Gasteiger charge is -2.15. The smallest absolute Gasteiger partial charge is 0.340 e.